The zero-order chi connectivity index (χ0) is 21.8. The highest BCUT2D eigenvalue weighted by molar-refractivity contribution is 5.93. The maximum atomic E-state index is 12.1. The van der Waals surface area contributed by atoms with E-state index in [9.17, 15) is 4.79 Å². The van der Waals surface area contributed by atoms with Gasteiger partial charge < -0.3 is 14.6 Å². The van der Waals surface area contributed by atoms with Crippen molar-refractivity contribution in [3.8, 4) is 11.1 Å². The van der Waals surface area contributed by atoms with Crippen molar-refractivity contribution >= 4 is 22.7 Å². The van der Waals surface area contributed by atoms with Gasteiger partial charge in [0.1, 0.15) is 5.58 Å². The summed E-state index contributed by atoms with van der Waals surface area (Å²) in [4.78, 5) is 14.5. The number of benzene rings is 3. The third-order valence-corrected chi connectivity index (χ3v) is 6.02. The topological polar surface area (TPSA) is 45.5 Å². The summed E-state index contributed by atoms with van der Waals surface area (Å²) in [6.45, 7) is 1.96. The first-order valence-corrected chi connectivity index (χ1v) is 11.1. The van der Waals surface area contributed by atoms with E-state index in [1.54, 1.807) is 6.07 Å². The molecule has 0 aliphatic carbocycles. The highest BCUT2D eigenvalue weighted by atomic mass is 16.4. The standard InChI is InChI=1S/C28H26N2O2/c31-28-20-26(25-19-23(11-12-27(25)32-28)22-9-5-2-6-10-22)29-24-14-17-30(18-15-24)16-13-21-7-3-1-4-8-21/h1-13,16,19-20,24,29H,14-15,17-18H2/b16-13+. The fourth-order valence-corrected chi connectivity index (χ4v) is 4.26. The molecule has 1 saturated heterocycles. The average molecular weight is 423 g/mol. The minimum Gasteiger partial charge on any atom is -0.423 e. The molecule has 2 heterocycles. The van der Waals surface area contributed by atoms with Gasteiger partial charge in [-0.05, 0) is 53.9 Å². The summed E-state index contributed by atoms with van der Waals surface area (Å²) in [5, 5.41) is 4.57. The summed E-state index contributed by atoms with van der Waals surface area (Å²) in [5.41, 5.74) is 4.61. The first-order chi connectivity index (χ1) is 15.7. The van der Waals surface area contributed by atoms with Crippen molar-refractivity contribution in [3.63, 3.8) is 0 Å². The van der Waals surface area contributed by atoms with Crippen LogP contribution < -0.4 is 10.9 Å². The van der Waals surface area contributed by atoms with Gasteiger partial charge in [0.15, 0.2) is 0 Å². The van der Waals surface area contributed by atoms with Gasteiger partial charge in [-0.15, -0.1) is 0 Å². The molecule has 0 radical (unpaired) electrons. The second-order valence-corrected chi connectivity index (χ2v) is 8.24. The molecule has 0 bridgehead atoms. The van der Waals surface area contributed by atoms with Gasteiger partial charge in [0, 0.05) is 30.6 Å². The molecule has 4 aromatic rings. The number of nitrogens with one attached hydrogen (secondary N) is 1. The molecule has 1 fully saturated rings. The lowest BCUT2D eigenvalue weighted by molar-refractivity contribution is 0.295. The van der Waals surface area contributed by atoms with Crippen molar-refractivity contribution in [2.24, 2.45) is 0 Å². The van der Waals surface area contributed by atoms with Gasteiger partial charge in [0.05, 0.1) is 5.69 Å². The number of likely N-dealkylation sites (tertiary alicyclic amines) is 1. The Hall–Kier alpha value is -3.79. The van der Waals surface area contributed by atoms with Crippen molar-refractivity contribution in [2.45, 2.75) is 18.9 Å². The molecule has 0 amide bonds. The molecule has 1 aliphatic heterocycles. The van der Waals surface area contributed by atoms with E-state index < -0.39 is 0 Å². The van der Waals surface area contributed by atoms with Gasteiger partial charge in [0.2, 0.25) is 0 Å². The molecule has 0 atom stereocenters. The normalized spacial score (nSPS) is 14.8. The van der Waals surface area contributed by atoms with Crippen LogP contribution in [0.5, 0.6) is 0 Å². The van der Waals surface area contributed by atoms with E-state index in [1.165, 1.54) is 5.56 Å². The Labute approximate surface area is 187 Å². The molecule has 4 heteroatoms. The summed E-state index contributed by atoms with van der Waals surface area (Å²) in [5.74, 6) is 0. The van der Waals surface area contributed by atoms with Crippen LogP contribution in [0.4, 0.5) is 5.69 Å². The second-order valence-electron chi connectivity index (χ2n) is 8.24. The number of fused-ring (bicyclic) bond motifs is 1. The minimum atomic E-state index is -0.323. The fourth-order valence-electron chi connectivity index (χ4n) is 4.26. The van der Waals surface area contributed by atoms with Crippen molar-refractivity contribution in [3.05, 3.63) is 107 Å². The third kappa shape index (κ3) is 4.59. The van der Waals surface area contributed by atoms with Gasteiger partial charge in [0.25, 0.3) is 0 Å². The van der Waals surface area contributed by atoms with Crippen LogP contribution in [0.15, 0.2) is 100 Å². The Morgan fingerprint density at radius 2 is 1.56 bits per heavy atom. The number of hydrogen-bond donors (Lipinski definition) is 1. The first kappa shape index (κ1) is 20.1. The molecular weight excluding hydrogens is 396 g/mol. The lowest BCUT2D eigenvalue weighted by Crippen LogP contribution is -2.36. The molecule has 1 aromatic heterocycles. The maximum Gasteiger partial charge on any atom is 0.338 e. The average Bonchev–Trinajstić information content (AvgIpc) is 2.84. The van der Waals surface area contributed by atoms with Crippen LogP contribution in [0, 0.1) is 0 Å². The third-order valence-electron chi connectivity index (χ3n) is 6.02. The van der Waals surface area contributed by atoms with E-state index in [-0.39, 0.29) is 5.63 Å². The molecule has 0 saturated carbocycles. The number of nitrogens with zero attached hydrogens (tertiary/aromatic N) is 1. The largest absolute Gasteiger partial charge is 0.423 e. The van der Waals surface area contributed by atoms with Crippen LogP contribution in [0.1, 0.15) is 18.4 Å². The molecular formula is C28H26N2O2. The van der Waals surface area contributed by atoms with Crippen molar-refractivity contribution in [1.29, 1.82) is 0 Å². The molecule has 0 unspecified atom stereocenters. The molecule has 160 valence electrons. The predicted octanol–water partition coefficient (Wildman–Crippen LogP) is 6.01. The van der Waals surface area contributed by atoms with E-state index in [0.717, 1.165) is 48.1 Å². The van der Waals surface area contributed by atoms with E-state index in [4.69, 9.17) is 4.42 Å². The smallest absolute Gasteiger partial charge is 0.338 e. The van der Waals surface area contributed by atoms with Crippen LogP contribution >= 0.6 is 0 Å². The number of anilines is 1. The Kier molecular flexibility index (Phi) is 5.75. The summed E-state index contributed by atoms with van der Waals surface area (Å²) in [7, 11) is 0. The van der Waals surface area contributed by atoms with Crippen LogP contribution in [-0.2, 0) is 0 Å². The summed E-state index contributed by atoms with van der Waals surface area (Å²) < 4.78 is 5.46. The van der Waals surface area contributed by atoms with Crippen molar-refractivity contribution < 1.29 is 4.42 Å². The molecule has 32 heavy (non-hydrogen) atoms. The number of rotatable bonds is 5. The van der Waals surface area contributed by atoms with E-state index in [0.29, 0.717) is 11.6 Å². The Morgan fingerprint density at radius 1 is 0.844 bits per heavy atom. The fraction of sp³-hybridized carbons (Fsp3) is 0.179. The quantitative estimate of drug-likeness (QED) is 0.400. The van der Waals surface area contributed by atoms with Crippen molar-refractivity contribution in [2.75, 3.05) is 18.4 Å². The van der Waals surface area contributed by atoms with Crippen LogP contribution in [0.3, 0.4) is 0 Å². The van der Waals surface area contributed by atoms with Crippen LogP contribution in [-0.4, -0.2) is 24.0 Å². The monoisotopic (exact) mass is 422 g/mol. The number of piperidine rings is 1. The molecule has 0 spiro atoms. The summed E-state index contributed by atoms with van der Waals surface area (Å²) in [6.07, 6.45) is 6.37. The van der Waals surface area contributed by atoms with Gasteiger partial charge in [-0.1, -0.05) is 66.7 Å². The molecule has 4 nitrogen and oxygen atoms in total. The molecule has 1 aliphatic rings. The van der Waals surface area contributed by atoms with Crippen molar-refractivity contribution in [1.82, 2.24) is 4.90 Å². The SMILES string of the molecule is O=c1cc(NC2CCN(/C=C/c3ccccc3)CC2)c2cc(-c3ccccc3)ccc2o1. The van der Waals surface area contributed by atoms with Gasteiger partial charge in [-0.2, -0.15) is 0 Å². The van der Waals surface area contributed by atoms with E-state index in [2.05, 4.69) is 65.0 Å². The highest BCUT2D eigenvalue weighted by Crippen LogP contribution is 2.29. The highest BCUT2D eigenvalue weighted by Gasteiger charge is 2.18. The Morgan fingerprint density at radius 3 is 2.31 bits per heavy atom. The first-order valence-electron chi connectivity index (χ1n) is 11.1. The van der Waals surface area contributed by atoms with E-state index >= 15 is 0 Å². The van der Waals surface area contributed by atoms with E-state index in [1.807, 2.05) is 36.4 Å². The number of hydrogen-bond acceptors (Lipinski definition) is 4. The van der Waals surface area contributed by atoms with Gasteiger partial charge >= 0.3 is 5.63 Å². The molecule has 5 rings (SSSR count). The minimum absolute atomic E-state index is 0.321. The van der Waals surface area contributed by atoms with Crippen LogP contribution in [0.25, 0.3) is 28.2 Å². The summed E-state index contributed by atoms with van der Waals surface area (Å²) in [6, 6.07) is 28.5. The van der Waals surface area contributed by atoms with Gasteiger partial charge in [-0.25, -0.2) is 4.79 Å². The maximum absolute atomic E-state index is 12.1. The zero-order valence-electron chi connectivity index (χ0n) is 17.9. The lowest BCUT2D eigenvalue weighted by atomic mass is 10.0. The lowest BCUT2D eigenvalue weighted by Gasteiger charge is -2.32. The second kappa shape index (κ2) is 9.15. The van der Waals surface area contributed by atoms with Gasteiger partial charge in [-0.3, -0.25) is 0 Å². The Bertz CT molecular complexity index is 1270. The molecule has 3 aromatic carbocycles. The summed E-state index contributed by atoms with van der Waals surface area (Å²) >= 11 is 0. The van der Waals surface area contributed by atoms with Crippen LogP contribution in [0.2, 0.25) is 0 Å². The predicted molar refractivity (Wildman–Crippen MR) is 132 cm³/mol. The molecule has 1 N–H and O–H groups in total. The Balaban J connectivity index is 1.32. The zero-order valence-corrected chi connectivity index (χ0v) is 17.9.